The number of aryl methyl sites for hydroxylation is 1. The summed E-state index contributed by atoms with van der Waals surface area (Å²) in [5.74, 6) is -0.585. The number of carbonyl (C=O) groups is 2. The van der Waals surface area contributed by atoms with Crippen LogP contribution in [-0.2, 0) is 24.8 Å². The Bertz CT molecular complexity index is 1490. The Morgan fingerprint density at radius 1 is 0.919 bits per heavy atom. The largest absolute Gasteiger partial charge is 0.354 e. The van der Waals surface area contributed by atoms with E-state index in [9.17, 15) is 9.59 Å². The highest BCUT2D eigenvalue weighted by atomic mass is 16.2. The predicted molar refractivity (Wildman–Crippen MR) is 145 cm³/mol. The van der Waals surface area contributed by atoms with Gasteiger partial charge in [-0.05, 0) is 35.2 Å². The van der Waals surface area contributed by atoms with Gasteiger partial charge in [0.15, 0.2) is 0 Å². The minimum atomic E-state index is -0.494. The maximum Gasteiger partial charge on any atom is 0.254 e. The molecule has 0 spiro atoms. The van der Waals surface area contributed by atoms with E-state index in [0.29, 0.717) is 12.1 Å². The molecule has 188 valence electrons. The first-order valence-corrected chi connectivity index (χ1v) is 13.0. The zero-order chi connectivity index (χ0) is 25.5. The summed E-state index contributed by atoms with van der Waals surface area (Å²) in [6.45, 7) is 3.27. The van der Waals surface area contributed by atoms with Gasteiger partial charge in [0.2, 0.25) is 5.91 Å². The fourth-order valence-electron chi connectivity index (χ4n) is 6.15. The molecule has 2 aliphatic heterocycles. The Morgan fingerprint density at radius 2 is 1.65 bits per heavy atom. The van der Waals surface area contributed by atoms with Gasteiger partial charge in [-0.2, -0.15) is 0 Å². The fourth-order valence-corrected chi connectivity index (χ4v) is 6.15. The summed E-state index contributed by atoms with van der Waals surface area (Å²) in [4.78, 5) is 31.5. The van der Waals surface area contributed by atoms with Crippen LogP contribution in [0.4, 0.5) is 0 Å². The summed E-state index contributed by atoms with van der Waals surface area (Å²) in [6, 6.07) is 23.9. The predicted octanol–water partition coefficient (Wildman–Crippen LogP) is 4.26. The molecule has 6 rings (SSSR count). The Labute approximate surface area is 217 Å². The van der Waals surface area contributed by atoms with Crippen LogP contribution in [0.3, 0.4) is 0 Å². The SMILES string of the molecule is CN1C(=O)c2ccccc2C(C(=O)NCCN2CCc3ccccc3C2)C1c1cn(C)c2ccccc12. The molecule has 3 aromatic carbocycles. The van der Waals surface area contributed by atoms with Crippen LogP contribution in [0, 0.1) is 0 Å². The molecule has 0 fully saturated rings. The van der Waals surface area contributed by atoms with Crippen molar-refractivity contribution in [2.24, 2.45) is 7.05 Å². The lowest BCUT2D eigenvalue weighted by atomic mass is 9.79. The molecule has 0 saturated heterocycles. The quantitative estimate of drug-likeness (QED) is 0.453. The molecule has 0 aliphatic carbocycles. The van der Waals surface area contributed by atoms with Crippen molar-refractivity contribution in [3.63, 3.8) is 0 Å². The number of hydrogen-bond acceptors (Lipinski definition) is 3. The first-order chi connectivity index (χ1) is 18.0. The minimum Gasteiger partial charge on any atom is -0.354 e. The van der Waals surface area contributed by atoms with E-state index in [1.807, 2.05) is 50.5 Å². The molecule has 0 bridgehead atoms. The van der Waals surface area contributed by atoms with E-state index >= 15 is 0 Å². The summed E-state index contributed by atoms with van der Waals surface area (Å²) < 4.78 is 2.08. The third-order valence-electron chi connectivity index (χ3n) is 8.05. The number of amides is 2. The standard InChI is InChI=1S/C31H32N4O2/c1-33-20-26(23-11-7-8-14-27(23)33)29-28(24-12-5-6-13-25(24)31(37)34(29)2)30(36)32-16-18-35-17-15-21-9-3-4-10-22(21)19-35/h3-14,20,28-29H,15-19H2,1-2H3,(H,32,36). The fraction of sp³-hybridized carbons (Fsp3) is 0.290. The van der Waals surface area contributed by atoms with Gasteiger partial charge in [0.05, 0.1) is 12.0 Å². The Morgan fingerprint density at radius 3 is 2.51 bits per heavy atom. The number of aromatic nitrogens is 1. The number of rotatable bonds is 5. The Balaban J connectivity index is 1.28. The molecule has 3 heterocycles. The first kappa shape index (κ1) is 23.5. The topological polar surface area (TPSA) is 57.6 Å². The first-order valence-electron chi connectivity index (χ1n) is 13.0. The smallest absolute Gasteiger partial charge is 0.254 e. The van der Waals surface area contributed by atoms with Crippen LogP contribution < -0.4 is 5.32 Å². The molecule has 2 aliphatic rings. The van der Waals surface area contributed by atoms with Crippen molar-refractivity contribution in [1.29, 1.82) is 0 Å². The monoisotopic (exact) mass is 492 g/mol. The van der Waals surface area contributed by atoms with E-state index in [-0.39, 0.29) is 11.8 Å². The van der Waals surface area contributed by atoms with Crippen molar-refractivity contribution in [1.82, 2.24) is 19.7 Å². The molecule has 37 heavy (non-hydrogen) atoms. The maximum atomic E-state index is 13.9. The maximum absolute atomic E-state index is 13.9. The molecule has 4 aromatic rings. The minimum absolute atomic E-state index is 0.0397. The lowest BCUT2D eigenvalue weighted by Gasteiger charge is -2.39. The van der Waals surface area contributed by atoms with Crippen LogP contribution in [0.1, 0.15) is 44.6 Å². The highest BCUT2D eigenvalue weighted by molar-refractivity contribution is 6.02. The molecule has 6 heteroatoms. The number of nitrogens with one attached hydrogen (secondary N) is 1. The molecular weight excluding hydrogens is 460 g/mol. The van der Waals surface area contributed by atoms with E-state index in [4.69, 9.17) is 0 Å². The Kier molecular flexibility index (Phi) is 6.05. The molecule has 6 nitrogen and oxygen atoms in total. The summed E-state index contributed by atoms with van der Waals surface area (Å²) in [5.41, 5.74) is 6.28. The zero-order valence-electron chi connectivity index (χ0n) is 21.4. The number of fused-ring (bicyclic) bond motifs is 3. The average Bonchev–Trinajstić information content (AvgIpc) is 3.26. The highest BCUT2D eigenvalue weighted by Gasteiger charge is 2.43. The molecule has 2 amide bonds. The molecular formula is C31H32N4O2. The summed E-state index contributed by atoms with van der Waals surface area (Å²) in [6.07, 6.45) is 3.11. The number of carbonyl (C=O) groups excluding carboxylic acids is 2. The lowest BCUT2D eigenvalue weighted by Crippen LogP contribution is -2.47. The van der Waals surface area contributed by atoms with E-state index in [0.717, 1.165) is 48.1 Å². The number of likely N-dealkylation sites (N-methyl/N-ethyl adjacent to an activating group) is 1. The van der Waals surface area contributed by atoms with Gasteiger partial charge in [-0.25, -0.2) is 0 Å². The number of benzene rings is 3. The van der Waals surface area contributed by atoms with Crippen LogP contribution in [0.15, 0.2) is 79.0 Å². The van der Waals surface area contributed by atoms with E-state index in [1.54, 1.807) is 4.90 Å². The zero-order valence-corrected chi connectivity index (χ0v) is 21.4. The van der Waals surface area contributed by atoms with Crippen molar-refractivity contribution in [2.75, 3.05) is 26.7 Å². The van der Waals surface area contributed by atoms with Crippen LogP contribution >= 0.6 is 0 Å². The summed E-state index contributed by atoms with van der Waals surface area (Å²) in [5, 5.41) is 4.30. The second kappa shape index (κ2) is 9.52. The van der Waals surface area contributed by atoms with Gasteiger partial charge in [0.25, 0.3) is 5.91 Å². The van der Waals surface area contributed by atoms with Gasteiger partial charge in [-0.15, -0.1) is 0 Å². The van der Waals surface area contributed by atoms with Crippen molar-refractivity contribution in [3.8, 4) is 0 Å². The normalized spacial score (nSPS) is 19.5. The third-order valence-corrected chi connectivity index (χ3v) is 8.05. The van der Waals surface area contributed by atoms with Crippen molar-refractivity contribution < 1.29 is 9.59 Å². The molecule has 2 unspecified atom stereocenters. The second-order valence-corrected chi connectivity index (χ2v) is 10.2. The highest BCUT2D eigenvalue weighted by Crippen LogP contribution is 2.44. The molecule has 0 radical (unpaired) electrons. The summed E-state index contributed by atoms with van der Waals surface area (Å²) in [7, 11) is 3.83. The third kappa shape index (κ3) is 4.11. The second-order valence-electron chi connectivity index (χ2n) is 10.2. The van der Waals surface area contributed by atoms with Gasteiger partial charge >= 0.3 is 0 Å². The number of nitrogens with zero attached hydrogens (tertiary/aromatic N) is 3. The van der Waals surface area contributed by atoms with E-state index < -0.39 is 12.0 Å². The van der Waals surface area contributed by atoms with Gasteiger partial charge in [0.1, 0.15) is 0 Å². The van der Waals surface area contributed by atoms with Gasteiger partial charge in [-0.3, -0.25) is 14.5 Å². The van der Waals surface area contributed by atoms with Crippen LogP contribution in [0.25, 0.3) is 10.9 Å². The molecule has 1 aromatic heterocycles. The van der Waals surface area contributed by atoms with E-state index in [2.05, 4.69) is 57.4 Å². The van der Waals surface area contributed by atoms with Crippen molar-refractivity contribution in [3.05, 3.63) is 107 Å². The molecule has 1 N–H and O–H groups in total. The van der Waals surface area contributed by atoms with Crippen molar-refractivity contribution >= 4 is 22.7 Å². The number of para-hydroxylation sites is 1. The number of hydrogen-bond donors (Lipinski definition) is 1. The van der Waals surface area contributed by atoms with Gasteiger partial charge in [-0.1, -0.05) is 60.7 Å². The van der Waals surface area contributed by atoms with Crippen molar-refractivity contribution in [2.45, 2.75) is 24.9 Å². The van der Waals surface area contributed by atoms with Crippen LogP contribution in [0.5, 0.6) is 0 Å². The Hall–Kier alpha value is -3.90. The van der Waals surface area contributed by atoms with Gasteiger partial charge < -0.3 is 14.8 Å². The lowest BCUT2D eigenvalue weighted by molar-refractivity contribution is -0.124. The average molecular weight is 493 g/mol. The van der Waals surface area contributed by atoms with E-state index in [1.165, 1.54) is 11.1 Å². The molecule has 0 saturated carbocycles. The summed E-state index contributed by atoms with van der Waals surface area (Å²) >= 11 is 0. The molecule has 2 atom stereocenters. The van der Waals surface area contributed by atoms with Crippen LogP contribution in [-0.4, -0.2) is 52.9 Å². The van der Waals surface area contributed by atoms with Gasteiger partial charge in [0, 0.05) is 68.5 Å². The van der Waals surface area contributed by atoms with Crippen LogP contribution in [0.2, 0.25) is 0 Å².